The van der Waals surface area contributed by atoms with E-state index in [1.54, 1.807) is 0 Å². The van der Waals surface area contributed by atoms with Crippen molar-refractivity contribution in [2.24, 2.45) is 0 Å². The van der Waals surface area contributed by atoms with Crippen LogP contribution in [-0.4, -0.2) is 19.0 Å². The van der Waals surface area contributed by atoms with Gasteiger partial charge in [-0.2, -0.15) is 0 Å². The van der Waals surface area contributed by atoms with Gasteiger partial charge in [-0.25, -0.2) is 0 Å². The minimum Gasteiger partial charge on any atom is -0.487 e. The Hall–Kier alpha value is -1.61. The van der Waals surface area contributed by atoms with Gasteiger partial charge in [-0.1, -0.05) is 30.3 Å². The van der Waals surface area contributed by atoms with Gasteiger partial charge >= 0.3 is 0 Å². The Morgan fingerprint density at radius 2 is 2.00 bits per heavy atom. The van der Waals surface area contributed by atoms with E-state index in [-0.39, 0.29) is 11.9 Å². The van der Waals surface area contributed by atoms with Crippen molar-refractivity contribution in [1.29, 1.82) is 0 Å². The number of carbonyl (C=O) groups excluding carboxylic acids is 1. The van der Waals surface area contributed by atoms with Crippen molar-refractivity contribution < 1.29 is 14.3 Å². The Balaban J connectivity index is 1.88. The summed E-state index contributed by atoms with van der Waals surface area (Å²) in [4.78, 5) is 12.0. The van der Waals surface area contributed by atoms with Gasteiger partial charge in [0.1, 0.15) is 18.5 Å². The fourth-order valence-corrected chi connectivity index (χ4v) is 2.32. The number of hydrogen-bond acceptors (Lipinski definition) is 3. The molecule has 1 aromatic rings. The molecule has 2 aliphatic rings. The summed E-state index contributed by atoms with van der Waals surface area (Å²) in [5.41, 5.74) is 1.89. The molecule has 1 atom stereocenters. The van der Waals surface area contributed by atoms with Crippen LogP contribution in [0.15, 0.2) is 41.7 Å². The first-order valence-electron chi connectivity index (χ1n) is 5.89. The zero-order chi connectivity index (χ0) is 11.7. The Bertz CT molecular complexity index is 462. The molecule has 3 nitrogen and oxygen atoms in total. The summed E-state index contributed by atoms with van der Waals surface area (Å²) in [5, 5.41) is 0. The molecule has 17 heavy (non-hydrogen) atoms. The topological polar surface area (TPSA) is 35.5 Å². The maximum atomic E-state index is 12.0. The van der Waals surface area contributed by atoms with Crippen molar-refractivity contribution >= 4 is 5.78 Å². The highest BCUT2D eigenvalue weighted by Crippen LogP contribution is 2.34. The minimum atomic E-state index is -0.149. The molecule has 1 aromatic carbocycles. The van der Waals surface area contributed by atoms with Gasteiger partial charge in [0.2, 0.25) is 0 Å². The Kier molecular flexibility index (Phi) is 2.69. The average Bonchev–Trinajstić information content (AvgIpc) is 2.40. The molecule has 0 aromatic heterocycles. The maximum absolute atomic E-state index is 12.0. The molecule has 0 N–H and O–H groups in total. The largest absolute Gasteiger partial charge is 0.487 e. The zero-order valence-electron chi connectivity index (χ0n) is 9.52. The quantitative estimate of drug-likeness (QED) is 0.743. The van der Waals surface area contributed by atoms with Crippen LogP contribution in [-0.2, 0) is 14.3 Å². The summed E-state index contributed by atoms with van der Waals surface area (Å²) in [6.07, 6.45) is 0.988. The van der Waals surface area contributed by atoms with Crippen LogP contribution in [0.2, 0.25) is 0 Å². The highest BCUT2D eigenvalue weighted by molar-refractivity contribution is 5.97. The molecule has 2 heterocycles. The number of Topliss-reactive ketones (excluding diaryl/α,β-unsaturated/α-hetero) is 1. The van der Waals surface area contributed by atoms with Crippen molar-refractivity contribution in [3.8, 4) is 0 Å². The highest BCUT2D eigenvalue weighted by atomic mass is 16.5. The number of carbonyl (C=O) groups is 1. The average molecular weight is 230 g/mol. The van der Waals surface area contributed by atoms with Crippen molar-refractivity contribution in [1.82, 2.24) is 0 Å². The highest BCUT2D eigenvalue weighted by Gasteiger charge is 2.31. The summed E-state index contributed by atoms with van der Waals surface area (Å²) in [6.45, 7) is 1.06. The molecule has 0 amide bonds. The molecule has 0 saturated heterocycles. The van der Waals surface area contributed by atoms with Gasteiger partial charge in [0, 0.05) is 12.0 Å². The number of ether oxygens (including phenoxy) is 2. The van der Waals surface area contributed by atoms with Crippen LogP contribution in [0.25, 0.3) is 0 Å². The molecule has 1 unspecified atom stereocenters. The SMILES string of the molecule is O=C1CC(c2ccccc2)OC2=C1CCOC2. The lowest BCUT2D eigenvalue weighted by atomic mass is 9.94. The Labute approximate surface area is 100 Å². The molecular formula is C14H14O3. The lowest BCUT2D eigenvalue weighted by Gasteiger charge is -2.30. The number of benzene rings is 1. The van der Waals surface area contributed by atoms with Crippen LogP contribution in [0.5, 0.6) is 0 Å². The third-order valence-electron chi connectivity index (χ3n) is 3.23. The lowest BCUT2D eigenvalue weighted by molar-refractivity contribution is -0.121. The molecule has 0 saturated carbocycles. The second-order valence-corrected chi connectivity index (χ2v) is 4.35. The monoisotopic (exact) mass is 230 g/mol. The summed E-state index contributed by atoms with van der Waals surface area (Å²) < 4.78 is 11.2. The van der Waals surface area contributed by atoms with Crippen LogP contribution in [0, 0.1) is 0 Å². The number of rotatable bonds is 1. The normalized spacial score (nSPS) is 24.2. The first-order valence-corrected chi connectivity index (χ1v) is 5.89. The fourth-order valence-electron chi connectivity index (χ4n) is 2.32. The second kappa shape index (κ2) is 4.34. The summed E-state index contributed by atoms with van der Waals surface area (Å²) in [7, 11) is 0. The molecule has 2 aliphatic heterocycles. The second-order valence-electron chi connectivity index (χ2n) is 4.35. The molecule has 0 spiro atoms. The van der Waals surface area contributed by atoms with E-state index < -0.39 is 0 Å². The molecule has 88 valence electrons. The van der Waals surface area contributed by atoms with Gasteiger partial charge in [0.05, 0.1) is 13.0 Å². The third kappa shape index (κ3) is 1.98. The van der Waals surface area contributed by atoms with Crippen LogP contribution < -0.4 is 0 Å². The Morgan fingerprint density at radius 3 is 2.82 bits per heavy atom. The van der Waals surface area contributed by atoms with Crippen molar-refractivity contribution in [2.45, 2.75) is 18.9 Å². The summed E-state index contributed by atoms with van der Waals surface area (Å²) in [6, 6.07) is 9.87. The standard InChI is InChI=1S/C14H14O3/c15-12-8-13(10-4-2-1-3-5-10)17-14-9-16-7-6-11(12)14/h1-5,13H,6-9H2. The molecule has 0 radical (unpaired) electrons. The Morgan fingerprint density at radius 1 is 1.18 bits per heavy atom. The van der Waals surface area contributed by atoms with Gasteiger partial charge in [0.25, 0.3) is 0 Å². The van der Waals surface area contributed by atoms with E-state index in [9.17, 15) is 4.79 Å². The van der Waals surface area contributed by atoms with E-state index in [2.05, 4.69) is 0 Å². The number of hydrogen-bond donors (Lipinski definition) is 0. The molecule has 3 rings (SSSR count). The van der Waals surface area contributed by atoms with Crippen LogP contribution in [0.3, 0.4) is 0 Å². The zero-order valence-corrected chi connectivity index (χ0v) is 9.52. The first-order chi connectivity index (χ1) is 8.34. The van der Waals surface area contributed by atoms with Crippen LogP contribution >= 0.6 is 0 Å². The lowest BCUT2D eigenvalue weighted by Crippen LogP contribution is -2.26. The minimum absolute atomic E-state index is 0.149. The smallest absolute Gasteiger partial charge is 0.166 e. The molecule has 0 bridgehead atoms. The maximum Gasteiger partial charge on any atom is 0.166 e. The van der Waals surface area contributed by atoms with Gasteiger partial charge in [-0.05, 0) is 5.56 Å². The number of ketones is 1. The van der Waals surface area contributed by atoms with Crippen LogP contribution in [0.1, 0.15) is 24.5 Å². The predicted molar refractivity (Wildman–Crippen MR) is 62.4 cm³/mol. The van der Waals surface area contributed by atoms with E-state index in [0.29, 0.717) is 26.1 Å². The fraction of sp³-hybridized carbons (Fsp3) is 0.357. The summed E-state index contributed by atoms with van der Waals surface area (Å²) in [5.74, 6) is 0.949. The summed E-state index contributed by atoms with van der Waals surface area (Å²) >= 11 is 0. The van der Waals surface area contributed by atoms with Crippen molar-refractivity contribution in [3.05, 3.63) is 47.2 Å². The van der Waals surface area contributed by atoms with Gasteiger partial charge < -0.3 is 9.47 Å². The van der Waals surface area contributed by atoms with Gasteiger partial charge in [-0.3, -0.25) is 4.79 Å². The third-order valence-corrected chi connectivity index (χ3v) is 3.23. The molecule has 0 fully saturated rings. The van der Waals surface area contributed by atoms with Crippen LogP contribution in [0.4, 0.5) is 0 Å². The molecular weight excluding hydrogens is 216 g/mol. The van der Waals surface area contributed by atoms with E-state index in [1.165, 1.54) is 0 Å². The van der Waals surface area contributed by atoms with E-state index in [4.69, 9.17) is 9.47 Å². The van der Waals surface area contributed by atoms with E-state index in [1.807, 2.05) is 30.3 Å². The van der Waals surface area contributed by atoms with E-state index >= 15 is 0 Å². The van der Waals surface area contributed by atoms with Gasteiger partial charge in [0.15, 0.2) is 5.78 Å². The van der Waals surface area contributed by atoms with E-state index in [0.717, 1.165) is 16.9 Å². The van der Waals surface area contributed by atoms with Gasteiger partial charge in [-0.15, -0.1) is 0 Å². The molecule has 0 aliphatic carbocycles. The molecule has 3 heteroatoms. The van der Waals surface area contributed by atoms with Crippen molar-refractivity contribution in [2.75, 3.05) is 13.2 Å². The van der Waals surface area contributed by atoms with Crippen molar-refractivity contribution in [3.63, 3.8) is 0 Å². The first kappa shape index (κ1) is 10.5. The predicted octanol–water partition coefficient (Wildman–Crippen LogP) is 2.39.